The predicted molar refractivity (Wildman–Crippen MR) is 101 cm³/mol. The standard InChI is InChI=1S/C19H15N7O/c1-12(10-20)26-11-22-25-19(26)15-6-3-7-17(24-15)23-14-5-2-4-13-18(14)16(27)8-9-21-13/h2-9,11-12H,1H3,(H,21,27)(H,23,24)/t12-/m1/s1. The lowest BCUT2D eigenvalue weighted by Crippen LogP contribution is -2.06. The Hall–Kier alpha value is -3.99. The maximum atomic E-state index is 12.3. The van der Waals surface area contributed by atoms with Crippen molar-refractivity contribution >= 4 is 22.4 Å². The summed E-state index contributed by atoms with van der Waals surface area (Å²) >= 11 is 0. The first kappa shape index (κ1) is 16.5. The van der Waals surface area contributed by atoms with Crippen LogP contribution in [0.4, 0.5) is 11.5 Å². The van der Waals surface area contributed by atoms with Gasteiger partial charge in [-0.3, -0.25) is 9.36 Å². The first-order chi connectivity index (χ1) is 13.2. The lowest BCUT2D eigenvalue weighted by Gasteiger charge is -2.11. The summed E-state index contributed by atoms with van der Waals surface area (Å²) in [5.74, 6) is 1.06. The van der Waals surface area contributed by atoms with Gasteiger partial charge in [0.15, 0.2) is 11.3 Å². The fraction of sp³-hybridized carbons (Fsp3) is 0.105. The van der Waals surface area contributed by atoms with Gasteiger partial charge in [0.1, 0.15) is 23.9 Å². The van der Waals surface area contributed by atoms with Crippen molar-refractivity contribution in [3.63, 3.8) is 0 Å². The minimum Gasteiger partial charge on any atom is -0.361 e. The fourth-order valence-corrected chi connectivity index (χ4v) is 2.87. The SMILES string of the molecule is C[C@H](C#N)n1cnnc1-c1cccc(Nc2cccc3[nH]ccc(=O)c23)n1. The van der Waals surface area contributed by atoms with Crippen LogP contribution in [0.1, 0.15) is 13.0 Å². The molecule has 4 aromatic rings. The van der Waals surface area contributed by atoms with Gasteiger partial charge in [0.05, 0.1) is 22.7 Å². The van der Waals surface area contributed by atoms with E-state index in [-0.39, 0.29) is 5.43 Å². The molecular formula is C19H15N7O. The molecule has 3 aromatic heterocycles. The topological polar surface area (TPSA) is 112 Å². The molecule has 0 aliphatic heterocycles. The summed E-state index contributed by atoms with van der Waals surface area (Å²) in [5, 5.41) is 20.9. The van der Waals surface area contributed by atoms with Crippen molar-refractivity contribution in [2.75, 3.05) is 5.32 Å². The van der Waals surface area contributed by atoms with Gasteiger partial charge in [0, 0.05) is 12.3 Å². The number of fused-ring (bicyclic) bond motifs is 1. The molecule has 2 N–H and O–H groups in total. The Morgan fingerprint density at radius 2 is 2.07 bits per heavy atom. The zero-order valence-electron chi connectivity index (χ0n) is 14.4. The first-order valence-corrected chi connectivity index (χ1v) is 8.31. The fourth-order valence-electron chi connectivity index (χ4n) is 2.87. The lowest BCUT2D eigenvalue weighted by atomic mass is 10.1. The molecule has 0 spiro atoms. The Kier molecular flexibility index (Phi) is 4.10. The third-order valence-corrected chi connectivity index (χ3v) is 4.20. The van der Waals surface area contributed by atoms with Gasteiger partial charge in [-0.2, -0.15) is 5.26 Å². The van der Waals surface area contributed by atoms with Crippen molar-refractivity contribution in [2.45, 2.75) is 13.0 Å². The van der Waals surface area contributed by atoms with Gasteiger partial charge in [0.25, 0.3) is 0 Å². The average molecular weight is 357 g/mol. The van der Waals surface area contributed by atoms with E-state index in [4.69, 9.17) is 5.26 Å². The Morgan fingerprint density at radius 1 is 1.22 bits per heavy atom. The molecule has 1 atom stereocenters. The molecule has 0 bridgehead atoms. The molecule has 0 radical (unpaired) electrons. The third-order valence-electron chi connectivity index (χ3n) is 4.20. The number of anilines is 2. The van der Waals surface area contributed by atoms with Gasteiger partial charge >= 0.3 is 0 Å². The monoisotopic (exact) mass is 357 g/mol. The van der Waals surface area contributed by atoms with Gasteiger partial charge < -0.3 is 10.3 Å². The minimum absolute atomic E-state index is 0.0782. The molecule has 0 aliphatic carbocycles. The molecular weight excluding hydrogens is 342 g/mol. The highest BCUT2D eigenvalue weighted by Gasteiger charge is 2.14. The van der Waals surface area contributed by atoms with Crippen molar-refractivity contribution in [3.05, 3.63) is 65.2 Å². The molecule has 8 heteroatoms. The molecule has 0 saturated carbocycles. The van der Waals surface area contributed by atoms with E-state index in [1.165, 1.54) is 12.4 Å². The van der Waals surface area contributed by atoms with Gasteiger partial charge in [-0.1, -0.05) is 12.1 Å². The van der Waals surface area contributed by atoms with Crippen LogP contribution in [0.2, 0.25) is 0 Å². The third kappa shape index (κ3) is 3.02. The Balaban J connectivity index is 1.75. The minimum atomic E-state index is -0.412. The molecule has 3 heterocycles. The van der Waals surface area contributed by atoms with Gasteiger partial charge in [-0.25, -0.2) is 4.98 Å². The number of hydrogen-bond donors (Lipinski definition) is 2. The van der Waals surface area contributed by atoms with E-state index in [1.807, 2.05) is 24.3 Å². The van der Waals surface area contributed by atoms with E-state index in [2.05, 4.69) is 31.6 Å². The van der Waals surface area contributed by atoms with Crippen LogP contribution < -0.4 is 10.7 Å². The molecule has 8 nitrogen and oxygen atoms in total. The van der Waals surface area contributed by atoms with E-state index >= 15 is 0 Å². The van der Waals surface area contributed by atoms with Crippen LogP contribution in [0.25, 0.3) is 22.4 Å². The number of hydrogen-bond acceptors (Lipinski definition) is 6. The highest BCUT2D eigenvalue weighted by Crippen LogP contribution is 2.24. The zero-order chi connectivity index (χ0) is 18.8. The number of aromatic amines is 1. The van der Waals surface area contributed by atoms with Crippen LogP contribution in [0.3, 0.4) is 0 Å². The van der Waals surface area contributed by atoms with Crippen molar-refractivity contribution in [1.82, 2.24) is 24.7 Å². The number of aromatic nitrogens is 5. The van der Waals surface area contributed by atoms with E-state index in [0.29, 0.717) is 28.4 Å². The summed E-state index contributed by atoms with van der Waals surface area (Å²) in [6.45, 7) is 1.76. The molecule has 0 saturated heterocycles. The van der Waals surface area contributed by atoms with Crippen LogP contribution in [0, 0.1) is 11.3 Å². The average Bonchev–Trinajstić information content (AvgIpc) is 3.18. The Labute approximate surface area is 154 Å². The van der Waals surface area contributed by atoms with Crippen molar-refractivity contribution in [3.8, 4) is 17.6 Å². The second-order valence-electron chi connectivity index (χ2n) is 5.97. The normalized spacial score (nSPS) is 11.9. The lowest BCUT2D eigenvalue weighted by molar-refractivity contribution is 0.676. The van der Waals surface area contributed by atoms with Crippen molar-refractivity contribution < 1.29 is 0 Å². The van der Waals surface area contributed by atoms with Crippen LogP contribution in [-0.4, -0.2) is 24.7 Å². The molecule has 0 unspecified atom stereocenters. The summed E-state index contributed by atoms with van der Waals surface area (Å²) in [6, 6.07) is 14.2. The molecule has 1 aromatic carbocycles. The van der Waals surface area contributed by atoms with Gasteiger partial charge in [-0.15, -0.1) is 10.2 Å². The highest BCUT2D eigenvalue weighted by atomic mass is 16.1. The summed E-state index contributed by atoms with van der Waals surface area (Å²) in [4.78, 5) is 19.9. The summed E-state index contributed by atoms with van der Waals surface area (Å²) in [6.07, 6.45) is 3.13. The summed E-state index contributed by atoms with van der Waals surface area (Å²) in [5.41, 5.74) is 1.90. The number of nitrogens with zero attached hydrogens (tertiary/aromatic N) is 5. The molecule has 4 rings (SSSR count). The number of rotatable bonds is 4. The van der Waals surface area contributed by atoms with Crippen molar-refractivity contribution in [1.29, 1.82) is 5.26 Å². The largest absolute Gasteiger partial charge is 0.361 e. The molecule has 132 valence electrons. The smallest absolute Gasteiger partial charge is 0.191 e. The van der Waals surface area contributed by atoms with Crippen molar-refractivity contribution in [2.24, 2.45) is 0 Å². The number of nitriles is 1. The number of H-pyrrole nitrogens is 1. The number of pyridine rings is 2. The van der Waals surface area contributed by atoms with E-state index in [9.17, 15) is 4.79 Å². The van der Waals surface area contributed by atoms with E-state index in [1.54, 1.807) is 29.8 Å². The maximum absolute atomic E-state index is 12.3. The summed E-state index contributed by atoms with van der Waals surface area (Å²) < 4.78 is 1.66. The quantitative estimate of drug-likeness (QED) is 0.580. The van der Waals surface area contributed by atoms with Crippen LogP contribution in [0.5, 0.6) is 0 Å². The predicted octanol–water partition coefficient (Wildman–Crippen LogP) is 3.01. The Bertz CT molecular complexity index is 1210. The number of benzene rings is 1. The molecule has 27 heavy (non-hydrogen) atoms. The van der Waals surface area contributed by atoms with Gasteiger partial charge in [0.2, 0.25) is 0 Å². The molecule has 0 amide bonds. The Morgan fingerprint density at radius 3 is 2.93 bits per heavy atom. The second kappa shape index (κ2) is 6.72. The number of nitrogens with one attached hydrogen (secondary N) is 2. The van der Waals surface area contributed by atoms with Crippen LogP contribution in [-0.2, 0) is 0 Å². The molecule has 0 aliphatic rings. The second-order valence-corrected chi connectivity index (χ2v) is 5.97. The van der Waals surface area contributed by atoms with E-state index in [0.717, 1.165) is 5.52 Å². The van der Waals surface area contributed by atoms with Crippen LogP contribution in [0.15, 0.2) is 59.8 Å². The molecule has 0 fully saturated rings. The van der Waals surface area contributed by atoms with Gasteiger partial charge in [-0.05, 0) is 31.2 Å². The van der Waals surface area contributed by atoms with E-state index < -0.39 is 6.04 Å². The summed E-state index contributed by atoms with van der Waals surface area (Å²) in [7, 11) is 0. The maximum Gasteiger partial charge on any atom is 0.191 e. The van der Waals surface area contributed by atoms with Crippen LogP contribution >= 0.6 is 0 Å². The highest BCUT2D eigenvalue weighted by molar-refractivity contribution is 5.92. The zero-order valence-corrected chi connectivity index (χ0v) is 14.4. The first-order valence-electron chi connectivity index (χ1n) is 8.31.